The molecule has 14 rings (SSSR count). The maximum atomic E-state index is 5.25. The molecule has 0 saturated carbocycles. The van der Waals surface area contributed by atoms with Gasteiger partial charge in [0.1, 0.15) is 0 Å². The molecule has 2 aliphatic heterocycles. The van der Waals surface area contributed by atoms with Crippen LogP contribution in [0.15, 0.2) is 228 Å². The molecule has 2 aliphatic rings. The topological polar surface area (TPSA) is 35.6 Å². The van der Waals surface area contributed by atoms with E-state index < -0.39 is 5.41 Å². The molecule has 0 fully saturated rings. The lowest BCUT2D eigenvalue weighted by atomic mass is 9.62. The van der Waals surface area contributed by atoms with Crippen molar-refractivity contribution < 1.29 is 0 Å². The number of benzene rings is 9. The van der Waals surface area contributed by atoms with Gasteiger partial charge in [0.15, 0.2) is 5.82 Å². The van der Waals surface area contributed by atoms with Gasteiger partial charge in [0.05, 0.1) is 44.6 Å². The van der Waals surface area contributed by atoms with Gasteiger partial charge in [-0.05, 0) is 64.7 Å². The van der Waals surface area contributed by atoms with Crippen LogP contribution in [-0.4, -0.2) is 19.1 Å². The first-order valence-corrected chi connectivity index (χ1v) is 22.6. The minimum Gasteiger partial charge on any atom is -0.309 e. The average molecular weight is 833 g/mol. The van der Waals surface area contributed by atoms with Crippen LogP contribution in [0.5, 0.6) is 0 Å². The second-order valence-corrected chi connectivity index (χ2v) is 17.9. The van der Waals surface area contributed by atoms with Gasteiger partial charge in [0, 0.05) is 53.7 Å². The summed E-state index contributed by atoms with van der Waals surface area (Å²) >= 11 is 1.91. The van der Waals surface area contributed by atoms with Crippen LogP contribution in [0.4, 0.5) is 0 Å². The number of hydrogen-bond acceptors (Lipinski definition) is 3. The van der Waals surface area contributed by atoms with Gasteiger partial charge in [0.2, 0.25) is 0 Å². The van der Waals surface area contributed by atoms with Crippen LogP contribution in [0.3, 0.4) is 0 Å². The van der Waals surface area contributed by atoms with E-state index in [4.69, 9.17) is 9.97 Å². The summed E-state index contributed by atoms with van der Waals surface area (Å²) in [6.07, 6.45) is 0. The first-order valence-electron chi connectivity index (χ1n) is 21.8. The van der Waals surface area contributed by atoms with E-state index in [0.29, 0.717) is 5.82 Å². The zero-order valence-corrected chi connectivity index (χ0v) is 35.3. The van der Waals surface area contributed by atoms with Gasteiger partial charge < -0.3 is 9.13 Å². The minimum atomic E-state index is -0.586. The summed E-state index contributed by atoms with van der Waals surface area (Å²) in [5, 5.41) is 5.01. The van der Waals surface area contributed by atoms with Crippen LogP contribution >= 0.6 is 11.8 Å². The molecule has 12 aromatic rings. The Morgan fingerprint density at radius 1 is 0.375 bits per heavy atom. The Balaban J connectivity index is 1.06. The highest BCUT2D eigenvalue weighted by molar-refractivity contribution is 7.99. The zero-order chi connectivity index (χ0) is 41.9. The Morgan fingerprint density at radius 2 is 0.953 bits per heavy atom. The van der Waals surface area contributed by atoms with E-state index in [1.165, 1.54) is 81.3 Å². The standard InChI is InChI=1S/C59H36N4S/c1-3-17-37(18-4-1)49-36-50(61-58(60-49)38-19-5-2-6-20-38)39-21-15-22-40(35-39)62-51-29-11-7-24-42(51)44-33-34-48-57(56(44)62)64-54-32-14-10-27-46(54)59(48)45-26-9-13-31-53(45)63-52-30-12-8-23-41(52)43-25-16-28-47(59)55(43)63/h1-36H. The summed E-state index contributed by atoms with van der Waals surface area (Å²) in [7, 11) is 0. The molecular formula is C59H36N4S. The van der Waals surface area contributed by atoms with Crippen molar-refractivity contribution in [1.29, 1.82) is 0 Å². The van der Waals surface area contributed by atoms with E-state index in [9.17, 15) is 0 Å². The van der Waals surface area contributed by atoms with Crippen molar-refractivity contribution in [2.24, 2.45) is 0 Å². The molecule has 9 aromatic carbocycles. The summed E-state index contributed by atoms with van der Waals surface area (Å²) < 4.78 is 5.02. The third-order valence-corrected chi connectivity index (χ3v) is 14.8. The molecule has 1 atom stereocenters. The van der Waals surface area contributed by atoms with E-state index in [0.717, 1.165) is 33.8 Å². The molecule has 1 unspecified atom stereocenters. The molecule has 0 radical (unpaired) electrons. The van der Waals surface area contributed by atoms with Gasteiger partial charge in [-0.1, -0.05) is 188 Å². The normalized spacial score (nSPS) is 14.9. The van der Waals surface area contributed by atoms with E-state index in [-0.39, 0.29) is 0 Å². The summed E-state index contributed by atoms with van der Waals surface area (Å²) in [4.78, 5) is 12.9. The van der Waals surface area contributed by atoms with E-state index in [1.807, 2.05) is 36.0 Å². The lowest BCUT2D eigenvalue weighted by Crippen LogP contribution is -2.37. The molecule has 0 aliphatic carbocycles. The van der Waals surface area contributed by atoms with Crippen molar-refractivity contribution in [3.05, 3.63) is 241 Å². The van der Waals surface area contributed by atoms with Crippen molar-refractivity contribution in [2.75, 3.05) is 0 Å². The number of hydrogen-bond donors (Lipinski definition) is 0. The van der Waals surface area contributed by atoms with E-state index in [2.05, 4.69) is 203 Å². The molecule has 64 heavy (non-hydrogen) atoms. The van der Waals surface area contributed by atoms with E-state index in [1.54, 1.807) is 0 Å². The number of para-hydroxylation sites is 4. The SMILES string of the molecule is c1ccc(-c2cc(-c3cccc(-n4c5ccccc5c5ccc6c(c54)Sc4ccccc4C64c5ccccc5-n5c6ccccc6c6cccc4c65)c3)nc(-c3ccccc3)n2)cc1. The highest BCUT2D eigenvalue weighted by Gasteiger charge is 2.50. The first-order chi connectivity index (χ1) is 31.8. The Labute approximate surface area is 373 Å². The second kappa shape index (κ2) is 13.5. The summed E-state index contributed by atoms with van der Waals surface area (Å²) in [5.41, 5.74) is 16.7. The third kappa shape index (κ3) is 4.84. The molecule has 0 N–H and O–H groups in total. The Hall–Kier alpha value is -7.99. The Bertz CT molecular complexity index is 3830. The summed E-state index contributed by atoms with van der Waals surface area (Å²) in [6, 6.07) is 79.5. The maximum absolute atomic E-state index is 5.25. The quantitative estimate of drug-likeness (QED) is 0.177. The molecule has 5 heteroatoms. The van der Waals surface area contributed by atoms with Crippen LogP contribution < -0.4 is 0 Å². The van der Waals surface area contributed by atoms with Gasteiger partial charge in [-0.15, -0.1) is 0 Å². The van der Waals surface area contributed by atoms with Crippen molar-refractivity contribution in [2.45, 2.75) is 15.2 Å². The van der Waals surface area contributed by atoms with Gasteiger partial charge in [-0.2, -0.15) is 0 Å². The van der Waals surface area contributed by atoms with Crippen LogP contribution in [0, 0.1) is 0 Å². The lowest BCUT2D eigenvalue weighted by Gasteiger charge is -2.45. The molecule has 3 aromatic heterocycles. The van der Waals surface area contributed by atoms with Crippen LogP contribution in [-0.2, 0) is 5.41 Å². The minimum absolute atomic E-state index is 0.586. The second-order valence-electron chi connectivity index (χ2n) is 16.9. The maximum Gasteiger partial charge on any atom is 0.160 e. The Morgan fingerprint density at radius 3 is 1.75 bits per heavy atom. The lowest BCUT2D eigenvalue weighted by molar-refractivity contribution is 0.691. The summed E-state index contributed by atoms with van der Waals surface area (Å²) in [6.45, 7) is 0. The van der Waals surface area contributed by atoms with E-state index >= 15 is 0 Å². The first kappa shape index (κ1) is 35.6. The predicted molar refractivity (Wildman–Crippen MR) is 263 cm³/mol. The number of aromatic nitrogens is 4. The fourth-order valence-corrected chi connectivity index (χ4v) is 12.3. The predicted octanol–water partition coefficient (Wildman–Crippen LogP) is 14.8. The highest BCUT2D eigenvalue weighted by Crippen LogP contribution is 2.62. The fraction of sp³-hybridized carbons (Fsp3) is 0.0169. The highest BCUT2D eigenvalue weighted by atomic mass is 32.2. The molecule has 0 amide bonds. The van der Waals surface area contributed by atoms with Gasteiger partial charge >= 0.3 is 0 Å². The van der Waals surface area contributed by atoms with Gasteiger partial charge in [-0.25, -0.2) is 9.97 Å². The molecule has 4 nitrogen and oxygen atoms in total. The number of rotatable bonds is 4. The largest absolute Gasteiger partial charge is 0.309 e. The zero-order valence-electron chi connectivity index (χ0n) is 34.5. The molecule has 0 bridgehead atoms. The van der Waals surface area contributed by atoms with Crippen molar-refractivity contribution in [3.63, 3.8) is 0 Å². The summed E-state index contributed by atoms with van der Waals surface area (Å²) in [5.74, 6) is 0.704. The molecule has 0 saturated heterocycles. The number of nitrogens with zero attached hydrogens (tertiary/aromatic N) is 4. The van der Waals surface area contributed by atoms with Crippen LogP contribution in [0.2, 0.25) is 0 Å². The van der Waals surface area contributed by atoms with Gasteiger partial charge in [-0.3, -0.25) is 0 Å². The molecule has 5 heterocycles. The van der Waals surface area contributed by atoms with Crippen LogP contribution in [0.25, 0.3) is 88.9 Å². The van der Waals surface area contributed by atoms with Crippen molar-refractivity contribution in [1.82, 2.24) is 19.1 Å². The van der Waals surface area contributed by atoms with Crippen molar-refractivity contribution in [3.8, 4) is 45.3 Å². The molecule has 1 spiro atoms. The molecule has 298 valence electrons. The fourth-order valence-electron chi connectivity index (χ4n) is 11.0. The Kier molecular flexibility index (Phi) is 7.51. The monoisotopic (exact) mass is 832 g/mol. The van der Waals surface area contributed by atoms with Crippen LogP contribution in [0.1, 0.15) is 22.3 Å². The van der Waals surface area contributed by atoms with Crippen molar-refractivity contribution >= 4 is 55.4 Å². The number of fused-ring (bicyclic) bond motifs is 15. The smallest absolute Gasteiger partial charge is 0.160 e. The van der Waals surface area contributed by atoms with Gasteiger partial charge in [0.25, 0.3) is 0 Å². The molecular weight excluding hydrogens is 797 g/mol. The third-order valence-electron chi connectivity index (χ3n) is 13.6. The average Bonchev–Trinajstić information content (AvgIpc) is 3.90.